The number of nitrogens with one attached hydrogen (secondary N) is 2. The van der Waals surface area contributed by atoms with Crippen LogP contribution in [0.2, 0.25) is 0 Å². The number of piperidine rings is 1. The van der Waals surface area contributed by atoms with E-state index in [1.807, 2.05) is 0 Å². The van der Waals surface area contributed by atoms with E-state index in [4.69, 9.17) is 5.11 Å². The number of aromatic carboxylic acids is 1. The third-order valence-corrected chi connectivity index (χ3v) is 2.93. The maximum atomic E-state index is 11.0. The SMILES string of the molecule is O=C1CCC(Nc2cc(C(=O)O)c([N+](=O)[O-])cn2)CN1. The summed E-state index contributed by atoms with van der Waals surface area (Å²) in [6.07, 6.45) is 1.87. The van der Waals surface area contributed by atoms with Gasteiger partial charge in [0.1, 0.15) is 17.6 Å². The predicted molar refractivity (Wildman–Crippen MR) is 67.5 cm³/mol. The third-order valence-electron chi connectivity index (χ3n) is 2.93. The Hall–Kier alpha value is -2.71. The van der Waals surface area contributed by atoms with Crippen molar-refractivity contribution in [2.75, 3.05) is 11.9 Å². The van der Waals surface area contributed by atoms with Crippen molar-refractivity contribution in [3.63, 3.8) is 0 Å². The maximum Gasteiger partial charge on any atom is 0.342 e. The van der Waals surface area contributed by atoms with E-state index in [0.717, 1.165) is 12.3 Å². The third kappa shape index (κ3) is 2.99. The average molecular weight is 280 g/mol. The van der Waals surface area contributed by atoms with Crippen LogP contribution in [-0.2, 0) is 4.79 Å². The van der Waals surface area contributed by atoms with Gasteiger partial charge in [-0.05, 0) is 6.42 Å². The lowest BCUT2D eigenvalue weighted by Crippen LogP contribution is -2.42. The highest BCUT2D eigenvalue weighted by Gasteiger charge is 2.23. The summed E-state index contributed by atoms with van der Waals surface area (Å²) in [5, 5.41) is 25.3. The minimum atomic E-state index is -1.39. The molecule has 0 spiro atoms. The summed E-state index contributed by atoms with van der Waals surface area (Å²) >= 11 is 0. The van der Waals surface area contributed by atoms with Crippen molar-refractivity contribution in [3.8, 4) is 0 Å². The van der Waals surface area contributed by atoms with Gasteiger partial charge in [-0.25, -0.2) is 9.78 Å². The summed E-state index contributed by atoms with van der Waals surface area (Å²) in [5.41, 5.74) is -0.979. The molecule has 1 fully saturated rings. The molecule has 0 saturated carbocycles. The van der Waals surface area contributed by atoms with Gasteiger partial charge in [-0.3, -0.25) is 14.9 Å². The van der Waals surface area contributed by atoms with E-state index in [1.54, 1.807) is 0 Å². The van der Waals surface area contributed by atoms with Gasteiger partial charge in [0.2, 0.25) is 5.91 Å². The molecule has 1 unspecified atom stereocenters. The quantitative estimate of drug-likeness (QED) is 0.536. The molecule has 0 radical (unpaired) electrons. The largest absolute Gasteiger partial charge is 0.477 e. The van der Waals surface area contributed by atoms with Gasteiger partial charge in [0.25, 0.3) is 0 Å². The number of carboxylic acids is 1. The highest BCUT2D eigenvalue weighted by atomic mass is 16.6. The van der Waals surface area contributed by atoms with Crippen molar-refractivity contribution in [1.82, 2.24) is 10.3 Å². The van der Waals surface area contributed by atoms with Gasteiger partial charge in [-0.2, -0.15) is 0 Å². The number of nitro groups is 1. The Kier molecular flexibility index (Phi) is 3.78. The van der Waals surface area contributed by atoms with Crippen molar-refractivity contribution in [2.45, 2.75) is 18.9 Å². The van der Waals surface area contributed by atoms with E-state index in [2.05, 4.69) is 15.6 Å². The molecule has 3 N–H and O–H groups in total. The van der Waals surface area contributed by atoms with Crippen LogP contribution in [0.3, 0.4) is 0 Å². The normalized spacial score (nSPS) is 18.2. The highest BCUT2D eigenvalue weighted by molar-refractivity contribution is 5.93. The number of carbonyl (C=O) groups is 2. The smallest absolute Gasteiger partial charge is 0.342 e. The second kappa shape index (κ2) is 5.51. The lowest BCUT2D eigenvalue weighted by atomic mass is 10.1. The Balaban J connectivity index is 2.17. The van der Waals surface area contributed by atoms with E-state index in [-0.39, 0.29) is 17.8 Å². The predicted octanol–water partition coefficient (Wildman–Crippen LogP) is 0.378. The van der Waals surface area contributed by atoms with Gasteiger partial charge in [-0.1, -0.05) is 0 Å². The zero-order valence-electron chi connectivity index (χ0n) is 10.3. The van der Waals surface area contributed by atoms with Crippen LogP contribution in [0.4, 0.5) is 11.5 Å². The van der Waals surface area contributed by atoms with Crippen LogP contribution < -0.4 is 10.6 Å². The highest BCUT2D eigenvalue weighted by Crippen LogP contribution is 2.21. The molecule has 2 heterocycles. The molecule has 1 atom stereocenters. The topological polar surface area (TPSA) is 134 Å². The molecule has 9 nitrogen and oxygen atoms in total. The summed E-state index contributed by atoms with van der Waals surface area (Å²) in [7, 11) is 0. The van der Waals surface area contributed by atoms with Crippen molar-refractivity contribution < 1.29 is 19.6 Å². The summed E-state index contributed by atoms with van der Waals surface area (Å²) in [6, 6.07) is 1.04. The maximum absolute atomic E-state index is 11.0. The summed E-state index contributed by atoms with van der Waals surface area (Å²) in [4.78, 5) is 35.7. The Bertz CT molecular complexity index is 564. The van der Waals surface area contributed by atoms with Gasteiger partial charge in [0.15, 0.2) is 0 Å². The second-order valence-corrected chi connectivity index (χ2v) is 4.33. The molecular weight excluding hydrogens is 268 g/mol. The molecule has 1 aromatic rings. The number of hydrogen-bond donors (Lipinski definition) is 3. The molecule has 1 amide bonds. The van der Waals surface area contributed by atoms with E-state index >= 15 is 0 Å². The molecule has 1 aliphatic rings. The van der Waals surface area contributed by atoms with Gasteiger partial charge in [-0.15, -0.1) is 0 Å². The van der Waals surface area contributed by atoms with E-state index < -0.39 is 22.1 Å². The monoisotopic (exact) mass is 280 g/mol. The fourth-order valence-corrected chi connectivity index (χ4v) is 1.91. The molecule has 1 saturated heterocycles. The minimum absolute atomic E-state index is 0.0362. The zero-order chi connectivity index (χ0) is 14.7. The van der Waals surface area contributed by atoms with Gasteiger partial charge < -0.3 is 15.7 Å². The first-order chi connectivity index (χ1) is 9.47. The first kappa shape index (κ1) is 13.7. The molecule has 2 rings (SSSR count). The molecule has 9 heteroatoms. The van der Waals surface area contributed by atoms with Crippen LogP contribution in [0.25, 0.3) is 0 Å². The van der Waals surface area contributed by atoms with Crippen LogP contribution in [0, 0.1) is 10.1 Å². The molecular formula is C11H12N4O5. The zero-order valence-corrected chi connectivity index (χ0v) is 10.3. The molecule has 1 aromatic heterocycles. The molecule has 1 aliphatic heterocycles. The number of anilines is 1. The molecule has 106 valence electrons. The lowest BCUT2D eigenvalue weighted by molar-refractivity contribution is -0.385. The van der Waals surface area contributed by atoms with E-state index in [1.165, 1.54) is 0 Å². The van der Waals surface area contributed by atoms with Crippen LogP contribution in [0.5, 0.6) is 0 Å². The minimum Gasteiger partial charge on any atom is -0.477 e. The molecule has 20 heavy (non-hydrogen) atoms. The second-order valence-electron chi connectivity index (χ2n) is 4.33. The number of amides is 1. The summed E-state index contributed by atoms with van der Waals surface area (Å²) < 4.78 is 0. The fraction of sp³-hybridized carbons (Fsp3) is 0.364. The lowest BCUT2D eigenvalue weighted by Gasteiger charge is -2.23. The van der Waals surface area contributed by atoms with Crippen molar-refractivity contribution in [2.24, 2.45) is 0 Å². The first-order valence-corrected chi connectivity index (χ1v) is 5.88. The first-order valence-electron chi connectivity index (χ1n) is 5.88. The van der Waals surface area contributed by atoms with Crippen LogP contribution >= 0.6 is 0 Å². The number of carbonyl (C=O) groups excluding carboxylic acids is 1. The standard InChI is InChI=1S/C11H12N4O5/c16-10-2-1-6(4-13-10)14-9-3-7(11(17)18)8(5-12-9)15(19)20/h3,5-6H,1-2,4H2,(H,12,14)(H,13,16)(H,17,18). The van der Waals surface area contributed by atoms with Gasteiger partial charge >= 0.3 is 11.7 Å². The number of nitrogens with zero attached hydrogens (tertiary/aromatic N) is 2. The number of aromatic nitrogens is 1. The Morgan fingerprint density at radius 3 is 2.90 bits per heavy atom. The van der Waals surface area contributed by atoms with Crippen LogP contribution in [-0.4, -0.2) is 39.5 Å². The molecule has 0 aromatic carbocycles. The average Bonchev–Trinajstić information content (AvgIpc) is 2.41. The van der Waals surface area contributed by atoms with Crippen molar-refractivity contribution in [1.29, 1.82) is 0 Å². The Labute approximate surface area is 113 Å². The summed E-state index contributed by atoms with van der Waals surface area (Å²) in [6.45, 7) is 0.403. The fourth-order valence-electron chi connectivity index (χ4n) is 1.91. The van der Waals surface area contributed by atoms with E-state index in [0.29, 0.717) is 19.4 Å². The number of hydrogen-bond acceptors (Lipinski definition) is 6. The van der Waals surface area contributed by atoms with Crippen LogP contribution in [0.15, 0.2) is 12.3 Å². The van der Waals surface area contributed by atoms with Gasteiger partial charge in [0, 0.05) is 25.1 Å². The number of rotatable bonds is 4. The molecule has 0 bridgehead atoms. The Morgan fingerprint density at radius 1 is 1.60 bits per heavy atom. The molecule has 0 aliphatic carbocycles. The number of pyridine rings is 1. The van der Waals surface area contributed by atoms with Crippen molar-refractivity contribution in [3.05, 3.63) is 27.9 Å². The van der Waals surface area contributed by atoms with E-state index in [9.17, 15) is 19.7 Å². The Morgan fingerprint density at radius 2 is 2.35 bits per heavy atom. The summed E-state index contributed by atoms with van der Waals surface area (Å²) in [5.74, 6) is -1.20. The van der Waals surface area contributed by atoms with Crippen LogP contribution in [0.1, 0.15) is 23.2 Å². The van der Waals surface area contributed by atoms with Gasteiger partial charge in [0.05, 0.1) is 4.92 Å². The number of carboxylic acid groups (broad SMARTS) is 1. The van der Waals surface area contributed by atoms with Crippen molar-refractivity contribution >= 4 is 23.4 Å².